The summed E-state index contributed by atoms with van der Waals surface area (Å²) in [7, 11) is 0. The molecule has 0 aromatic carbocycles. The summed E-state index contributed by atoms with van der Waals surface area (Å²) in [5.41, 5.74) is 0. The van der Waals surface area contributed by atoms with Crippen LogP contribution in [0.5, 0.6) is 0 Å². The van der Waals surface area contributed by atoms with Crippen molar-refractivity contribution in [2.24, 2.45) is 17.8 Å². The summed E-state index contributed by atoms with van der Waals surface area (Å²) in [5, 5.41) is 12.5. The van der Waals surface area contributed by atoms with Crippen LogP contribution in [0.2, 0.25) is 0 Å². The molecular formula is C15H27NO3. The maximum atomic E-state index is 12.1. The van der Waals surface area contributed by atoms with Crippen LogP contribution in [0.25, 0.3) is 0 Å². The lowest BCUT2D eigenvalue weighted by atomic mass is 9.75. The summed E-state index contributed by atoms with van der Waals surface area (Å²) in [6.45, 7) is 7.14. The van der Waals surface area contributed by atoms with Gasteiger partial charge in [0.15, 0.2) is 0 Å². The number of nitrogens with one attached hydrogen (secondary N) is 1. The summed E-state index contributed by atoms with van der Waals surface area (Å²) in [5.74, 6) is 1.48. The first-order chi connectivity index (χ1) is 8.97. The third-order valence-corrected chi connectivity index (χ3v) is 4.62. The largest absolute Gasteiger partial charge is 0.461 e. The van der Waals surface area contributed by atoms with Gasteiger partial charge in [0, 0.05) is 13.0 Å². The molecule has 1 heterocycles. The van der Waals surface area contributed by atoms with Crippen LogP contribution < -0.4 is 5.32 Å². The summed E-state index contributed by atoms with van der Waals surface area (Å²) in [6, 6.07) is -0.319. The van der Waals surface area contributed by atoms with E-state index in [0.29, 0.717) is 30.7 Å². The van der Waals surface area contributed by atoms with E-state index in [-0.39, 0.29) is 18.1 Å². The van der Waals surface area contributed by atoms with E-state index in [2.05, 4.69) is 26.1 Å². The Labute approximate surface area is 115 Å². The maximum absolute atomic E-state index is 12.1. The van der Waals surface area contributed by atoms with Crippen molar-refractivity contribution >= 4 is 5.97 Å². The SMILES string of the molecule is CC1CCC(C(C)C)C(OC(=O)C2CC(O)CN2)C1. The highest BCUT2D eigenvalue weighted by molar-refractivity contribution is 5.76. The van der Waals surface area contributed by atoms with E-state index in [0.717, 1.165) is 12.8 Å². The van der Waals surface area contributed by atoms with Crippen LogP contribution in [0.4, 0.5) is 0 Å². The Morgan fingerprint density at radius 1 is 1.32 bits per heavy atom. The van der Waals surface area contributed by atoms with Gasteiger partial charge in [-0.2, -0.15) is 0 Å². The Morgan fingerprint density at radius 2 is 2.05 bits per heavy atom. The fraction of sp³-hybridized carbons (Fsp3) is 0.933. The molecule has 5 unspecified atom stereocenters. The number of hydrogen-bond donors (Lipinski definition) is 2. The first-order valence-electron chi connectivity index (χ1n) is 7.59. The minimum Gasteiger partial charge on any atom is -0.461 e. The first kappa shape index (κ1) is 14.8. The van der Waals surface area contributed by atoms with Crippen LogP contribution in [0.15, 0.2) is 0 Å². The molecule has 0 spiro atoms. The molecule has 0 radical (unpaired) electrons. The zero-order valence-electron chi connectivity index (χ0n) is 12.3. The van der Waals surface area contributed by atoms with E-state index in [1.54, 1.807) is 0 Å². The molecule has 2 N–H and O–H groups in total. The number of carbonyl (C=O) groups excluding carboxylic acids is 1. The summed E-state index contributed by atoms with van der Waals surface area (Å²) >= 11 is 0. The van der Waals surface area contributed by atoms with Crippen molar-refractivity contribution in [3.63, 3.8) is 0 Å². The van der Waals surface area contributed by atoms with Crippen molar-refractivity contribution in [1.29, 1.82) is 0 Å². The number of aliphatic hydroxyl groups excluding tert-OH is 1. The highest BCUT2D eigenvalue weighted by Crippen LogP contribution is 2.35. The molecule has 2 aliphatic rings. The van der Waals surface area contributed by atoms with Gasteiger partial charge < -0.3 is 15.2 Å². The van der Waals surface area contributed by atoms with Crippen molar-refractivity contribution in [3.05, 3.63) is 0 Å². The van der Waals surface area contributed by atoms with E-state index < -0.39 is 6.10 Å². The van der Waals surface area contributed by atoms with Gasteiger partial charge in [0.2, 0.25) is 0 Å². The summed E-state index contributed by atoms with van der Waals surface area (Å²) in [4.78, 5) is 12.1. The lowest BCUT2D eigenvalue weighted by Gasteiger charge is -2.37. The minimum atomic E-state index is -0.413. The Balaban J connectivity index is 1.92. The maximum Gasteiger partial charge on any atom is 0.323 e. The Kier molecular flexibility index (Phi) is 4.85. The summed E-state index contributed by atoms with van der Waals surface area (Å²) in [6.07, 6.45) is 3.48. The average molecular weight is 269 g/mol. The van der Waals surface area contributed by atoms with Gasteiger partial charge in [0.1, 0.15) is 12.1 Å². The molecule has 2 rings (SSSR count). The van der Waals surface area contributed by atoms with Crippen molar-refractivity contribution in [1.82, 2.24) is 5.32 Å². The Morgan fingerprint density at radius 3 is 2.63 bits per heavy atom. The topological polar surface area (TPSA) is 58.6 Å². The van der Waals surface area contributed by atoms with E-state index in [1.807, 2.05) is 0 Å². The van der Waals surface area contributed by atoms with Crippen LogP contribution in [0, 0.1) is 17.8 Å². The van der Waals surface area contributed by atoms with Gasteiger partial charge in [-0.05, 0) is 30.6 Å². The molecule has 4 heteroatoms. The Hall–Kier alpha value is -0.610. The molecule has 1 aliphatic carbocycles. The highest BCUT2D eigenvalue weighted by atomic mass is 16.5. The standard InChI is InChI=1S/C15H27NO3/c1-9(2)12-5-4-10(3)6-14(12)19-15(18)13-7-11(17)8-16-13/h9-14,16-17H,4-8H2,1-3H3. The van der Waals surface area contributed by atoms with E-state index in [1.165, 1.54) is 6.42 Å². The van der Waals surface area contributed by atoms with Gasteiger partial charge in [0.25, 0.3) is 0 Å². The van der Waals surface area contributed by atoms with Crippen LogP contribution >= 0.6 is 0 Å². The van der Waals surface area contributed by atoms with Crippen LogP contribution in [0.3, 0.4) is 0 Å². The smallest absolute Gasteiger partial charge is 0.323 e. The van der Waals surface area contributed by atoms with Gasteiger partial charge in [-0.1, -0.05) is 27.2 Å². The quantitative estimate of drug-likeness (QED) is 0.766. The van der Waals surface area contributed by atoms with Gasteiger partial charge in [0.05, 0.1) is 6.10 Å². The van der Waals surface area contributed by atoms with Crippen LogP contribution in [-0.2, 0) is 9.53 Å². The van der Waals surface area contributed by atoms with Gasteiger partial charge in [-0.15, -0.1) is 0 Å². The second-order valence-corrected chi connectivity index (χ2v) is 6.65. The van der Waals surface area contributed by atoms with Crippen LogP contribution in [0.1, 0.15) is 46.5 Å². The van der Waals surface area contributed by atoms with Crippen molar-refractivity contribution in [2.45, 2.75) is 64.7 Å². The monoisotopic (exact) mass is 269 g/mol. The number of esters is 1. The van der Waals surface area contributed by atoms with E-state index >= 15 is 0 Å². The third kappa shape index (κ3) is 3.69. The lowest BCUT2D eigenvalue weighted by Crippen LogP contribution is -2.40. The molecule has 0 aromatic rings. The third-order valence-electron chi connectivity index (χ3n) is 4.62. The number of hydrogen-bond acceptors (Lipinski definition) is 4. The first-order valence-corrected chi connectivity index (χ1v) is 7.59. The molecule has 1 aliphatic heterocycles. The van der Waals surface area contributed by atoms with Crippen LogP contribution in [-0.4, -0.2) is 35.9 Å². The number of aliphatic hydroxyl groups is 1. The van der Waals surface area contributed by atoms with Gasteiger partial charge in [-0.25, -0.2) is 0 Å². The molecule has 1 saturated carbocycles. The lowest BCUT2D eigenvalue weighted by molar-refractivity contribution is -0.158. The molecule has 1 saturated heterocycles. The molecule has 0 aromatic heterocycles. The molecule has 2 fully saturated rings. The van der Waals surface area contributed by atoms with Crippen molar-refractivity contribution < 1.29 is 14.6 Å². The average Bonchev–Trinajstić information content (AvgIpc) is 2.75. The normalized spacial score (nSPS) is 39.5. The predicted molar refractivity (Wildman–Crippen MR) is 73.6 cm³/mol. The second kappa shape index (κ2) is 6.23. The minimum absolute atomic E-state index is 0.0517. The molecule has 19 heavy (non-hydrogen) atoms. The van der Waals surface area contributed by atoms with Crippen molar-refractivity contribution in [2.75, 3.05) is 6.54 Å². The highest BCUT2D eigenvalue weighted by Gasteiger charge is 2.36. The summed E-state index contributed by atoms with van der Waals surface area (Å²) < 4.78 is 5.76. The number of rotatable bonds is 3. The number of β-amino-alcohol motifs (C(OH)–C–C–N with tert-alkyl or cyclic N) is 1. The number of ether oxygens (including phenoxy) is 1. The van der Waals surface area contributed by atoms with E-state index in [4.69, 9.17) is 4.74 Å². The fourth-order valence-corrected chi connectivity index (χ4v) is 3.38. The molecule has 5 atom stereocenters. The Bertz CT molecular complexity index is 319. The molecule has 0 amide bonds. The van der Waals surface area contributed by atoms with E-state index in [9.17, 15) is 9.90 Å². The second-order valence-electron chi connectivity index (χ2n) is 6.65. The number of carbonyl (C=O) groups is 1. The molecular weight excluding hydrogens is 242 g/mol. The zero-order chi connectivity index (χ0) is 14.0. The fourth-order valence-electron chi connectivity index (χ4n) is 3.38. The molecule has 110 valence electrons. The van der Waals surface area contributed by atoms with Gasteiger partial charge >= 0.3 is 5.97 Å². The predicted octanol–water partition coefficient (Wildman–Crippen LogP) is 1.71. The molecule has 0 bridgehead atoms. The van der Waals surface area contributed by atoms with Crippen molar-refractivity contribution in [3.8, 4) is 0 Å². The van der Waals surface area contributed by atoms with Gasteiger partial charge in [-0.3, -0.25) is 4.79 Å². The molecule has 4 nitrogen and oxygen atoms in total. The zero-order valence-corrected chi connectivity index (χ0v) is 12.3.